The molecule has 0 amide bonds. The molecule has 1 radical (unpaired) electrons. The molecule has 14 heavy (non-hydrogen) atoms. The molecule has 1 fully saturated rings. The van der Waals surface area contributed by atoms with Crippen molar-refractivity contribution in [1.29, 1.82) is 0 Å². The Morgan fingerprint density at radius 2 is 0.786 bits per heavy atom. The predicted molar refractivity (Wildman–Crippen MR) is 94.5 cm³/mol. The lowest BCUT2D eigenvalue weighted by Crippen LogP contribution is -2.43. The minimum Gasteiger partial charge on any atom is -0.0785 e. The van der Waals surface area contributed by atoms with E-state index < -0.39 is 12.9 Å². The van der Waals surface area contributed by atoms with E-state index >= 15 is 0 Å². The molecule has 0 unspecified atom stereocenters. The van der Waals surface area contributed by atoms with Crippen molar-refractivity contribution in [3.63, 3.8) is 0 Å². The van der Waals surface area contributed by atoms with Gasteiger partial charge in [-0.2, -0.15) is 0 Å². The first-order valence-corrected chi connectivity index (χ1v) is 10.1. The van der Waals surface area contributed by atoms with Crippen molar-refractivity contribution < 1.29 is 0 Å². The van der Waals surface area contributed by atoms with E-state index in [4.69, 9.17) is 0 Å². The standard InChI is InChI=1S/C5Br9/c6-1-2(7,8)4(11,12)5(13,14)3(1,9)10. The van der Waals surface area contributed by atoms with Gasteiger partial charge in [-0.3, -0.25) is 0 Å². The highest BCUT2D eigenvalue weighted by molar-refractivity contribution is 9.35. The Morgan fingerprint density at radius 3 is 0.857 bits per heavy atom. The molecule has 0 nitrogen and oxygen atoms in total. The Bertz CT molecular complexity index is 228. The van der Waals surface area contributed by atoms with Crippen molar-refractivity contribution in [3.05, 3.63) is 4.83 Å². The molecule has 0 bridgehead atoms. The molecule has 0 aliphatic heterocycles. The van der Waals surface area contributed by atoms with Crippen molar-refractivity contribution in [2.24, 2.45) is 0 Å². The summed E-state index contributed by atoms with van der Waals surface area (Å²) in [5.41, 5.74) is 0. The second-order valence-electron chi connectivity index (χ2n) is 2.61. The second-order valence-corrected chi connectivity index (χ2v) is 17.2. The van der Waals surface area contributed by atoms with Crippen LogP contribution < -0.4 is 0 Å². The molecule has 0 aromatic heterocycles. The first-order chi connectivity index (χ1) is 5.90. The maximum absolute atomic E-state index is 3.62. The first-order valence-electron chi connectivity index (χ1n) is 2.95. The van der Waals surface area contributed by atoms with Gasteiger partial charge in [0, 0.05) is 0 Å². The van der Waals surface area contributed by atoms with Gasteiger partial charge in [0.15, 0.2) is 0 Å². The van der Waals surface area contributed by atoms with Gasteiger partial charge >= 0.3 is 0 Å². The quantitative estimate of drug-likeness (QED) is 0.236. The van der Waals surface area contributed by atoms with Gasteiger partial charge in [-0.05, 0) is 0 Å². The zero-order chi connectivity index (χ0) is 11.6. The first kappa shape index (κ1) is 16.4. The van der Waals surface area contributed by atoms with E-state index in [2.05, 4.69) is 143 Å². The number of halogens is 9. The van der Waals surface area contributed by atoms with Gasteiger partial charge in [0.1, 0.15) is 17.8 Å². The molecule has 83 valence electrons. The molecule has 1 saturated carbocycles. The third-order valence-corrected chi connectivity index (χ3v) is 20.2. The molecule has 0 N–H and O–H groups in total. The molecular weight excluding hydrogens is 779 g/mol. The van der Waals surface area contributed by atoms with Crippen LogP contribution in [0.3, 0.4) is 0 Å². The average molecular weight is 779 g/mol. The highest BCUT2D eigenvalue weighted by atomic mass is 79.9. The maximum Gasteiger partial charge on any atom is 0.134 e. The Kier molecular flexibility index (Phi) is 5.50. The lowest BCUT2D eigenvalue weighted by atomic mass is 10.4. The minimum absolute atomic E-state index is 0.479. The van der Waals surface area contributed by atoms with Gasteiger partial charge in [0.05, 0.1) is 0 Å². The Morgan fingerprint density at radius 1 is 0.571 bits per heavy atom. The summed E-state index contributed by atoms with van der Waals surface area (Å²) in [5, 5.41) is 0. The fraction of sp³-hybridized carbons (Fsp3) is 0.800. The van der Waals surface area contributed by atoms with Crippen molar-refractivity contribution >= 4 is 143 Å². The zero-order valence-electron chi connectivity index (χ0n) is 5.90. The number of alkyl halides is 8. The summed E-state index contributed by atoms with van der Waals surface area (Å²) in [6.45, 7) is 0. The Balaban J connectivity index is 3.38. The van der Waals surface area contributed by atoms with Crippen molar-refractivity contribution in [2.75, 3.05) is 0 Å². The number of hydrogen-bond donors (Lipinski definition) is 0. The molecule has 0 aromatic rings. The summed E-state index contributed by atoms with van der Waals surface area (Å²) in [6.07, 6.45) is 0. The van der Waals surface area contributed by atoms with Gasteiger partial charge in [-0.1, -0.05) is 143 Å². The van der Waals surface area contributed by atoms with Crippen molar-refractivity contribution in [3.8, 4) is 0 Å². The third kappa shape index (κ3) is 2.04. The fourth-order valence-electron chi connectivity index (χ4n) is 0.867. The highest BCUT2D eigenvalue weighted by Crippen LogP contribution is 2.79. The molecule has 0 aromatic carbocycles. The summed E-state index contributed by atoms with van der Waals surface area (Å²) in [6, 6.07) is 0. The number of hydrogen-bond acceptors (Lipinski definition) is 0. The van der Waals surface area contributed by atoms with Gasteiger partial charge in [0.25, 0.3) is 0 Å². The van der Waals surface area contributed by atoms with Crippen LogP contribution in [0.5, 0.6) is 0 Å². The second kappa shape index (κ2) is 4.70. The van der Waals surface area contributed by atoms with Crippen molar-refractivity contribution in [1.82, 2.24) is 0 Å². The van der Waals surface area contributed by atoms with E-state index in [-0.39, 0.29) is 0 Å². The molecule has 1 aliphatic carbocycles. The van der Waals surface area contributed by atoms with Gasteiger partial charge in [-0.25, -0.2) is 0 Å². The van der Waals surface area contributed by atoms with E-state index in [9.17, 15) is 0 Å². The van der Waals surface area contributed by atoms with Crippen LogP contribution in [0.2, 0.25) is 0 Å². The van der Waals surface area contributed by atoms with Gasteiger partial charge < -0.3 is 0 Å². The Labute approximate surface area is 158 Å². The summed E-state index contributed by atoms with van der Waals surface area (Å²) in [4.78, 5) is 0.944. The predicted octanol–water partition coefficient (Wildman–Crippen LogP) is 6.87. The van der Waals surface area contributed by atoms with Gasteiger partial charge in [-0.15, -0.1) is 0 Å². The van der Waals surface area contributed by atoms with Crippen LogP contribution in [0, 0.1) is 4.83 Å². The van der Waals surface area contributed by atoms with E-state index in [1.165, 1.54) is 0 Å². The summed E-state index contributed by atoms with van der Waals surface area (Å²) < 4.78 is -1.95. The molecule has 0 atom stereocenters. The molecular formula is C5Br9. The Hall–Kier alpha value is 4.32. The zero-order valence-corrected chi connectivity index (χ0v) is 20.2. The molecule has 0 spiro atoms. The van der Waals surface area contributed by atoms with Crippen LogP contribution in [-0.4, -0.2) is 12.9 Å². The largest absolute Gasteiger partial charge is 0.134 e. The molecule has 9 heteroatoms. The SMILES string of the molecule is Br[C]1C(Br)(Br)C(Br)(Br)C(Br)(Br)C1(Br)Br. The lowest BCUT2D eigenvalue weighted by Gasteiger charge is -2.36. The van der Waals surface area contributed by atoms with Gasteiger partial charge in [0.2, 0.25) is 0 Å². The maximum atomic E-state index is 3.62. The monoisotopic (exact) mass is 770 g/mol. The highest BCUT2D eigenvalue weighted by Gasteiger charge is 2.78. The fourth-order valence-corrected chi connectivity index (χ4v) is 10.1. The average Bonchev–Trinajstić information content (AvgIpc) is 2.05. The summed E-state index contributed by atoms with van der Waals surface area (Å²) in [7, 11) is 0. The van der Waals surface area contributed by atoms with E-state index in [0.29, 0.717) is 0 Å². The van der Waals surface area contributed by atoms with Crippen LogP contribution in [0.25, 0.3) is 0 Å². The van der Waals surface area contributed by atoms with E-state index in [1.54, 1.807) is 0 Å². The lowest BCUT2D eigenvalue weighted by molar-refractivity contribution is 0.866. The number of rotatable bonds is 0. The van der Waals surface area contributed by atoms with Crippen LogP contribution >= 0.6 is 143 Å². The molecule has 0 heterocycles. The minimum atomic E-state index is -0.494. The normalized spacial score (nSPS) is 33.2. The van der Waals surface area contributed by atoms with Crippen LogP contribution in [0.4, 0.5) is 0 Å². The van der Waals surface area contributed by atoms with Crippen molar-refractivity contribution in [2.45, 2.75) is 12.9 Å². The van der Waals surface area contributed by atoms with E-state index in [1.807, 2.05) is 0 Å². The third-order valence-electron chi connectivity index (χ3n) is 1.73. The topological polar surface area (TPSA) is 0 Å². The van der Waals surface area contributed by atoms with Crippen LogP contribution in [0.1, 0.15) is 0 Å². The smallest absolute Gasteiger partial charge is 0.0785 e. The summed E-state index contributed by atoms with van der Waals surface area (Å²) >= 11 is 32.4. The molecule has 0 saturated heterocycles. The van der Waals surface area contributed by atoms with Crippen LogP contribution in [-0.2, 0) is 0 Å². The summed E-state index contributed by atoms with van der Waals surface area (Å²) in [5.74, 6) is 0. The molecule has 1 aliphatic rings. The molecule has 1 rings (SSSR count). The van der Waals surface area contributed by atoms with Crippen LogP contribution in [0.15, 0.2) is 0 Å². The van der Waals surface area contributed by atoms with E-state index in [0.717, 1.165) is 4.83 Å².